The Labute approximate surface area is 65.0 Å². The summed E-state index contributed by atoms with van der Waals surface area (Å²) in [4.78, 5) is 21.8. The van der Waals surface area contributed by atoms with Crippen LogP contribution in [-0.4, -0.2) is 35.2 Å². The zero-order valence-corrected chi connectivity index (χ0v) is 6.54. The van der Waals surface area contributed by atoms with Gasteiger partial charge in [0.2, 0.25) is 0 Å². The zero-order valence-electron chi connectivity index (χ0n) is 6.54. The molecule has 1 rings (SSSR count). The van der Waals surface area contributed by atoms with Crippen molar-refractivity contribution in [2.75, 3.05) is 13.6 Å². The van der Waals surface area contributed by atoms with Gasteiger partial charge in [-0.1, -0.05) is 0 Å². The summed E-state index contributed by atoms with van der Waals surface area (Å²) in [5.74, 6) is -0.177. The van der Waals surface area contributed by atoms with Crippen molar-refractivity contribution in [2.24, 2.45) is 0 Å². The summed E-state index contributed by atoms with van der Waals surface area (Å²) in [5, 5.41) is 8.72. The Balaban J connectivity index is 2.81. The second kappa shape index (κ2) is 2.62. The monoisotopic (exact) mass is 158 g/mol. The third-order valence-corrected chi connectivity index (χ3v) is 2.22. The SMILES string of the molecule is C[N+]1(C(=O)O)CCCCC1=O. The van der Waals surface area contributed by atoms with Crippen LogP contribution in [0.5, 0.6) is 0 Å². The average Bonchev–Trinajstić information content (AvgIpc) is 1.95. The van der Waals surface area contributed by atoms with Crippen LogP contribution in [0.1, 0.15) is 19.3 Å². The third kappa shape index (κ3) is 1.26. The summed E-state index contributed by atoms with van der Waals surface area (Å²) in [6, 6.07) is 0. The Morgan fingerprint density at radius 3 is 2.55 bits per heavy atom. The van der Waals surface area contributed by atoms with Crippen molar-refractivity contribution < 1.29 is 19.2 Å². The second-order valence-electron chi connectivity index (χ2n) is 3.05. The average molecular weight is 158 g/mol. The van der Waals surface area contributed by atoms with E-state index < -0.39 is 10.6 Å². The molecule has 0 bridgehead atoms. The van der Waals surface area contributed by atoms with Gasteiger partial charge in [-0.2, -0.15) is 9.28 Å². The molecule has 1 atom stereocenters. The number of carboxylic acid groups (broad SMARTS) is 1. The van der Waals surface area contributed by atoms with E-state index in [-0.39, 0.29) is 5.91 Å². The summed E-state index contributed by atoms with van der Waals surface area (Å²) >= 11 is 0. The standard InChI is InChI=1S/C7H11NO3/c1-8(7(10)11)5-3-2-4-6(8)9/h2-5H2,1H3/p+1. The normalized spacial score (nSPS) is 31.9. The molecular formula is C7H12NO3+. The van der Waals surface area contributed by atoms with Crippen molar-refractivity contribution in [1.82, 2.24) is 0 Å². The fourth-order valence-corrected chi connectivity index (χ4v) is 1.28. The van der Waals surface area contributed by atoms with E-state index >= 15 is 0 Å². The van der Waals surface area contributed by atoms with Crippen molar-refractivity contribution >= 4 is 12.0 Å². The fourth-order valence-electron chi connectivity index (χ4n) is 1.28. The van der Waals surface area contributed by atoms with Crippen LogP contribution >= 0.6 is 0 Å². The van der Waals surface area contributed by atoms with E-state index in [9.17, 15) is 9.59 Å². The molecule has 0 spiro atoms. The Hall–Kier alpha value is -0.900. The number of carbonyl (C=O) groups excluding carboxylic acids is 1. The largest absolute Gasteiger partial charge is 0.520 e. The molecule has 4 nitrogen and oxygen atoms in total. The maximum absolute atomic E-state index is 11.1. The highest BCUT2D eigenvalue weighted by Crippen LogP contribution is 2.17. The molecule has 4 heteroatoms. The van der Waals surface area contributed by atoms with E-state index in [1.807, 2.05) is 0 Å². The molecule has 1 aliphatic rings. The lowest BCUT2D eigenvalue weighted by atomic mass is 10.1. The van der Waals surface area contributed by atoms with E-state index in [0.29, 0.717) is 13.0 Å². The number of likely N-dealkylation sites (tertiary alicyclic amines) is 1. The smallest absolute Gasteiger partial charge is 0.435 e. The van der Waals surface area contributed by atoms with Gasteiger partial charge in [-0.05, 0) is 12.8 Å². The summed E-state index contributed by atoms with van der Waals surface area (Å²) in [5.41, 5.74) is 0. The van der Waals surface area contributed by atoms with Crippen LogP contribution in [0.4, 0.5) is 4.79 Å². The summed E-state index contributed by atoms with van der Waals surface area (Å²) in [7, 11) is 1.46. The first-order valence-corrected chi connectivity index (χ1v) is 3.70. The van der Waals surface area contributed by atoms with Gasteiger partial charge in [0.1, 0.15) is 0 Å². The van der Waals surface area contributed by atoms with Gasteiger partial charge in [0.15, 0.2) is 0 Å². The molecule has 2 amide bonds. The van der Waals surface area contributed by atoms with Gasteiger partial charge in [0.25, 0.3) is 0 Å². The number of piperidine rings is 1. The van der Waals surface area contributed by atoms with Crippen LogP contribution in [0.25, 0.3) is 0 Å². The number of hydrogen-bond acceptors (Lipinski definition) is 2. The Kier molecular flexibility index (Phi) is 1.95. The quantitative estimate of drug-likeness (QED) is 0.531. The number of quaternary nitrogens is 1. The molecule has 0 aromatic heterocycles. The van der Waals surface area contributed by atoms with Crippen LogP contribution in [0.15, 0.2) is 0 Å². The van der Waals surface area contributed by atoms with Crippen LogP contribution in [0.2, 0.25) is 0 Å². The van der Waals surface area contributed by atoms with Crippen LogP contribution in [-0.2, 0) is 4.79 Å². The molecule has 1 heterocycles. The molecule has 1 unspecified atom stereocenters. The Morgan fingerprint density at radius 1 is 1.55 bits per heavy atom. The Morgan fingerprint density at radius 2 is 2.18 bits per heavy atom. The van der Waals surface area contributed by atoms with Crippen LogP contribution < -0.4 is 0 Å². The van der Waals surface area contributed by atoms with Crippen molar-refractivity contribution in [2.45, 2.75) is 19.3 Å². The van der Waals surface area contributed by atoms with E-state index in [4.69, 9.17) is 5.11 Å². The van der Waals surface area contributed by atoms with Gasteiger partial charge in [-0.15, -0.1) is 0 Å². The lowest BCUT2D eigenvalue weighted by Crippen LogP contribution is -2.55. The second-order valence-corrected chi connectivity index (χ2v) is 3.05. The molecule has 62 valence electrons. The predicted molar refractivity (Wildman–Crippen MR) is 37.9 cm³/mol. The summed E-state index contributed by atoms with van der Waals surface area (Å²) in [6.07, 6.45) is 1.03. The van der Waals surface area contributed by atoms with Gasteiger partial charge < -0.3 is 5.11 Å². The van der Waals surface area contributed by atoms with Crippen LogP contribution in [0.3, 0.4) is 0 Å². The van der Waals surface area contributed by atoms with Crippen molar-refractivity contribution in [3.05, 3.63) is 0 Å². The first kappa shape index (κ1) is 8.20. The van der Waals surface area contributed by atoms with E-state index in [1.54, 1.807) is 0 Å². The zero-order chi connectivity index (χ0) is 8.48. The number of hydrogen-bond donors (Lipinski definition) is 1. The molecule has 1 aliphatic heterocycles. The molecule has 1 saturated heterocycles. The molecule has 0 aromatic carbocycles. The summed E-state index contributed by atoms with van der Waals surface area (Å²) in [6.45, 7) is 0.439. The third-order valence-electron chi connectivity index (χ3n) is 2.22. The number of carbonyl (C=O) groups is 2. The van der Waals surface area contributed by atoms with Gasteiger partial charge in [0, 0.05) is 0 Å². The van der Waals surface area contributed by atoms with Crippen molar-refractivity contribution in [3.63, 3.8) is 0 Å². The number of imide groups is 1. The maximum atomic E-state index is 11.1. The lowest BCUT2D eigenvalue weighted by Gasteiger charge is -2.28. The van der Waals surface area contributed by atoms with Crippen molar-refractivity contribution in [1.29, 1.82) is 0 Å². The highest BCUT2D eigenvalue weighted by molar-refractivity contribution is 5.80. The van der Waals surface area contributed by atoms with Crippen molar-refractivity contribution in [3.8, 4) is 0 Å². The molecule has 1 N–H and O–H groups in total. The molecular weight excluding hydrogens is 146 g/mol. The van der Waals surface area contributed by atoms with E-state index in [1.165, 1.54) is 7.05 Å². The van der Waals surface area contributed by atoms with Gasteiger partial charge in [0.05, 0.1) is 20.0 Å². The topological polar surface area (TPSA) is 54.4 Å². The number of amides is 2. The molecule has 0 aromatic rings. The highest BCUT2D eigenvalue weighted by Gasteiger charge is 2.41. The molecule has 0 aliphatic carbocycles. The molecule has 1 fully saturated rings. The van der Waals surface area contributed by atoms with E-state index in [2.05, 4.69) is 0 Å². The first-order chi connectivity index (χ1) is 5.07. The number of nitrogens with zero attached hydrogens (tertiary/aromatic N) is 1. The van der Waals surface area contributed by atoms with Crippen LogP contribution in [0, 0.1) is 0 Å². The minimum Gasteiger partial charge on any atom is -0.435 e. The fraction of sp³-hybridized carbons (Fsp3) is 0.714. The minimum atomic E-state index is -1.03. The summed E-state index contributed by atoms with van der Waals surface area (Å²) < 4.78 is -0.431. The maximum Gasteiger partial charge on any atom is 0.520 e. The lowest BCUT2D eigenvalue weighted by molar-refractivity contribution is -0.764. The van der Waals surface area contributed by atoms with Gasteiger partial charge in [-0.25, -0.2) is 4.79 Å². The van der Waals surface area contributed by atoms with Gasteiger partial charge in [-0.3, -0.25) is 0 Å². The van der Waals surface area contributed by atoms with Gasteiger partial charge >= 0.3 is 12.0 Å². The number of rotatable bonds is 0. The Bertz CT molecular complexity index is 202. The highest BCUT2D eigenvalue weighted by atomic mass is 16.4. The van der Waals surface area contributed by atoms with E-state index in [0.717, 1.165) is 12.8 Å². The predicted octanol–water partition coefficient (Wildman–Crippen LogP) is 0.822. The molecule has 0 saturated carbocycles. The molecule has 11 heavy (non-hydrogen) atoms. The first-order valence-electron chi connectivity index (χ1n) is 3.70. The molecule has 0 radical (unpaired) electrons. The minimum absolute atomic E-state index is 0.177.